The summed E-state index contributed by atoms with van der Waals surface area (Å²) in [5, 5.41) is 0.831. The Kier molecular flexibility index (Phi) is 3.62. The molecule has 2 N–H and O–H groups in total. The Morgan fingerprint density at radius 1 is 0.909 bits per heavy atom. The zero-order valence-electron chi connectivity index (χ0n) is 11.9. The molecular formula is C17H14N2O3. The van der Waals surface area contributed by atoms with Crippen LogP contribution in [0.3, 0.4) is 0 Å². The minimum absolute atomic E-state index is 0.144. The molecule has 0 aliphatic rings. The van der Waals surface area contributed by atoms with E-state index in [0.717, 1.165) is 10.9 Å². The Balaban J connectivity index is 1.66. The van der Waals surface area contributed by atoms with Gasteiger partial charge in [0, 0.05) is 10.9 Å². The lowest BCUT2D eigenvalue weighted by molar-refractivity contribution is 0.0832. The first-order chi connectivity index (χ1) is 10.6. The van der Waals surface area contributed by atoms with Crippen molar-refractivity contribution in [3.63, 3.8) is 0 Å². The van der Waals surface area contributed by atoms with Gasteiger partial charge in [0.25, 0.3) is 5.91 Å². The summed E-state index contributed by atoms with van der Waals surface area (Å²) in [5.41, 5.74) is 6.85. The molecule has 5 heteroatoms. The maximum atomic E-state index is 12.0. The number of rotatable bonds is 2. The van der Waals surface area contributed by atoms with Crippen molar-refractivity contribution in [2.75, 3.05) is 0 Å². The molecule has 0 fully saturated rings. The van der Waals surface area contributed by atoms with E-state index < -0.39 is 5.91 Å². The van der Waals surface area contributed by atoms with E-state index in [0.29, 0.717) is 11.1 Å². The fourth-order valence-electron chi connectivity index (χ4n) is 2.05. The van der Waals surface area contributed by atoms with Gasteiger partial charge in [-0.05, 0) is 31.2 Å². The topological polar surface area (TPSA) is 71.3 Å². The predicted octanol–water partition coefficient (Wildman–Crippen LogP) is 2.82. The molecule has 1 aromatic heterocycles. The molecule has 1 heterocycles. The van der Waals surface area contributed by atoms with Crippen LogP contribution in [0.5, 0.6) is 0 Å². The van der Waals surface area contributed by atoms with E-state index >= 15 is 0 Å². The van der Waals surface area contributed by atoms with Crippen LogP contribution in [-0.2, 0) is 0 Å². The average Bonchev–Trinajstić information content (AvgIpc) is 2.97. The van der Waals surface area contributed by atoms with Gasteiger partial charge in [-0.2, -0.15) is 0 Å². The number of amides is 2. The van der Waals surface area contributed by atoms with Crippen LogP contribution in [0.25, 0.3) is 11.0 Å². The first kappa shape index (κ1) is 13.9. The summed E-state index contributed by atoms with van der Waals surface area (Å²) in [7, 11) is 0. The number of carbonyl (C=O) groups is 2. The maximum absolute atomic E-state index is 12.0. The molecule has 0 spiro atoms. The van der Waals surface area contributed by atoms with Gasteiger partial charge in [0.15, 0.2) is 5.76 Å². The van der Waals surface area contributed by atoms with Crippen molar-refractivity contribution in [3.05, 3.63) is 71.5 Å². The number of hydrazine groups is 1. The number of carbonyl (C=O) groups excluding carboxylic acids is 2. The highest BCUT2D eigenvalue weighted by Gasteiger charge is 2.13. The van der Waals surface area contributed by atoms with Crippen molar-refractivity contribution in [1.82, 2.24) is 10.9 Å². The predicted molar refractivity (Wildman–Crippen MR) is 82.3 cm³/mol. The second-order valence-corrected chi connectivity index (χ2v) is 4.92. The van der Waals surface area contributed by atoms with Crippen LogP contribution >= 0.6 is 0 Å². The van der Waals surface area contributed by atoms with E-state index in [1.165, 1.54) is 0 Å². The lowest BCUT2D eigenvalue weighted by Gasteiger charge is -2.06. The number of hydrogen-bond donors (Lipinski definition) is 2. The molecule has 2 aromatic carbocycles. The van der Waals surface area contributed by atoms with E-state index in [2.05, 4.69) is 10.9 Å². The smallest absolute Gasteiger partial charge is 0.305 e. The van der Waals surface area contributed by atoms with Gasteiger partial charge in [-0.15, -0.1) is 0 Å². The summed E-state index contributed by atoms with van der Waals surface area (Å²) in [6.07, 6.45) is 0. The van der Waals surface area contributed by atoms with Gasteiger partial charge in [0.1, 0.15) is 5.58 Å². The van der Waals surface area contributed by atoms with Crippen LogP contribution in [0.1, 0.15) is 26.5 Å². The number of hydrogen-bond acceptors (Lipinski definition) is 3. The van der Waals surface area contributed by atoms with Gasteiger partial charge in [0.2, 0.25) is 0 Å². The molecular weight excluding hydrogens is 280 g/mol. The molecule has 3 rings (SSSR count). The van der Waals surface area contributed by atoms with E-state index in [-0.39, 0.29) is 11.7 Å². The normalized spacial score (nSPS) is 10.4. The van der Waals surface area contributed by atoms with Gasteiger partial charge in [0.05, 0.1) is 0 Å². The summed E-state index contributed by atoms with van der Waals surface area (Å²) >= 11 is 0. The third-order valence-electron chi connectivity index (χ3n) is 3.25. The monoisotopic (exact) mass is 294 g/mol. The van der Waals surface area contributed by atoms with Gasteiger partial charge >= 0.3 is 5.91 Å². The maximum Gasteiger partial charge on any atom is 0.305 e. The van der Waals surface area contributed by atoms with Crippen molar-refractivity contribution in [2.45, 2.75) is 6.92 Å². The molecule has 0 aliphatic heterocycles. The molecule has 0 radical (unpaired) electrons. The number of benzene rings is 2. The van der Waals surface area contributed by atoms with Crippen molar-refractivity contribution < 1.29 is 14.0 Å². The fraction of sp³-hybridized carbons (Fsp3) is 0.0588. The van der Waals surface area contributed by atoms with Crippen LogP contribution in [0, 0.1) is 6.92 Å². The van der Waals surface area contributed by atoms with Crippen LogP contribution in [0.2, 0.25) is 0 Å². The Hall–Kier alpha value is -3.08. The number of fused-ring (bicyclic) bond motifs is 1. The van der Waals surface area contributed by atoms with Gasteiger partial charge in [-0.1, -0.05) is 35.9 Å². The lowest BCUT2D eigenvalue weighted by Crippen LogP contribution is -2.41. The first-order valence-corrected chi connectivity index (χ1v) is 6.79. The Bertz CT molecular complexity index is 801. The number of para-hydroxylation sites is 1. The molecule has 0 atom stereocenters. The first-order valence-electron chi connectivity index (χ1n) is 6.79. The largest absolute Gasteiger partial charge is 0.451 e. The SMILES string of the molecule is Cc1ccc(C(=O)NNC(=O)c2cc3ccccc3o2)cc1. The Morgan fingerprint density at radius 3 is 2.32 bits per heavy atom. The molecule has 22 heavy (non-hydrogen) atoms. The molecule has 0 aliphatic carbocycles. The van der Waals surface area contributed by atoms with Crippen LogP contribution in [0.4, 0.5) is 0 Å². The van der Waals surface area contributed by atoms with E-state index in [1.54, 1.807) is 24.3 Å². The van der Waals surface area contributed by atoms with Crippen molar-refractivity contribution >= 4 is 22.8 Å². The van der Waals surface area contributed by atoms with Gasteiger partial charge < -0.3 is 4.42 Å². The zero-order chi connectivity index (χ0) is 15.5. The highest BCUT2D eigenvalue weighted by atomic mass is 16.3. The molecule has 0 saturated heterocycles. The Labute approximate surface area is 126 Å². The highest BCUT2D eigenvalue weighted by Crippen LogP contribution is 2.18. The summed E-state index contributed by atoms with van der Waals surface area (Å²) < 4.78 is 5.42. The van der Waals surface area contributed by atoms with E-state index in [1.807, 2.05) is 37.3 Å². The van der Waals surface area contributed by atoms with Crippen molar-refractivity contribution in [2.24, 2.45) is 0 Å². The minimum atomic E-state index is -0.503. The second-order valence-electron chi connectivity index (χ2n) is 4.92. The number of furan rings is 1. The Morgan fingerprint density at radius 2 is 1.59 bits per heavy atom. The minimum Gasteiger partial charge on any atom is -0.451 e. The summed E-state index contributed by atoms with van der Waals surface area (Å²) in [6, 6.07) is 16.0. The number of aryl methyl sites for hydroxylation is 1. The lowest BCUT2D eigenvalue weighted by atomic mass is 10.1. The zero-order valence-corrected chi connectivity index (χ0v) is 11.9. The van der Waals surface area contributed by atoms with Crippen LogP contribution in [0.15, 0.2) is 59.0 Å². The van der Waals surface area contributed by atoms with Crippen molar-refractivity contribution in [3.8, 4) is 0 Å². The third-order valence-corrected chi connectivity index (χ3v) is 3.25. The molecule has 0 bridgehead atoms. The summed E-state index contributed by atoms with van der Waals surface area (Å²) in [6.45, 7) is 1.94. The third kappa shape index (κ3) is 2.83. The number of nitrogens with one attached hydrogen (secondary N) is 2. The van der Waals surface area contributed by atoms with Crippen LogP contribution in [-0.4, -0.2) is 11.8 Å². The van der Waals surface area contributed by atoms with E-state index in [9.17, 15) is 9.59 Å². The summed E-state index contributed by atoms with van der Waals surface area (Å²) in [4.78, 5) is 23.9. The van der Waals surface area contributed by atoms with Crippen molar-refractivity contribution in [1.29, 1.82) is 0 Å². The van der Waals surface area contributed by atoms with Gasteiger partial charge in [-0.25, -0.2) is 0 Å². The fourth-order valence-corrected chi connectivity index (χ4v) is 2.05. The standard InChI is InChI=1S/C17H14N2O3/c1-11-6-8-12(9-7-11)16(20)18-19-17(21)15-10-13-4-2-3-5-14(13)22-15/h2-10H,1H3,(H,18,20)(H,19,21). The van der Waals surface area contributed by atoms with Gasteiger partial charge in [-0.3, -0.25) is 20.4 Å². The highest BCUT2D eigenvalue weighted by molar-refractivity contribution is 5.99. The summed E-state index contributed by atoms with van der Waals surface area (Å²) in [5.74, 6) is -0.744. The second kappa shape index (κ2) is 5.73. The molecule has 0 unspecified atom stereocenters. The molecule has 0 saturated carbocycles. The van der Waals surface area contributed by atoms with Crippen LogP contribution < -0.4 is 10.9 Å². The average molecular weight is 294 g/mol. The molecule has 5 nitrogen and oxygen atoms in total. The quantitative estimate of drug-likeness (QED) is 0.714. The molecule has 110 valence electrons. The van der Waals surface area contributed by atoms with E-state index in [4.69, 9.17) is 4.42 Å². The molecule has 2 amide bonds. The molecule has 3 aromatic rings.